The monoisotopic (exact) mass is 228 g/mol. The number of carbonyl (C=O) groups is 1. The summed E-state index contributed by atoms with van der Waals surface area (Å²) in [5.74, 6) is 0.466. The molecule has 1 aliphatic rings. The minimum atomic E-state index is -0.430. The zero-order valence-corrected chi connectivity index (χ0v) is 10.7. The van der Waals surface area contributed by atoms with Crippen molar-refractivity contribution in [3.63, 3.8) is 0 Å². The first-order valence-electron chi connectivity index (χ1n) is 6.03. The van der Waals surface area contributed by atoms with Crippen LogP contribution in [0.15, 0.2) is 0 Å². The van der Waals surface area contributed by atoms with Crippen molar-refractivity contribution in [2.24, 2.45) is 11.7 Å². The molecule has 4 heteroatoms. The summed E-state index contributed by atoms with van der Waals surface area (Å²) in [7, 11) is 0. The number of carbonyl (C=O) groups excluding carboxylic acids is 1. The van der Waals surface area contributed by atoms with Crippen molar-refractivity contribution in [2.45, 2.75) is 64.6 Å². The molecule has 16 heavy (non-hydrogen) atoms. The lowest BCUT2D eigenvalue weighted by Crippen LogP contribution is -2.45. The summed E-state index contributed by atoms with van der Waals surface area (Å²) in [5.41, 5.74) is 5.50. The van der Waals surface area contributed by atoms with Crippen molar-refractivity contribution < 1.29 is 9.53 Å². The lowest BCUT2D eigenvalue weighted by molar-refractivity contribution is 0.0483. The van der Waals surface area contributed by atoms with Crippen LogP contribution in [0.5, 0.6) is 0 Å². The van der Waals surface area contributed by atoms with E-state index in [1.807, 2.05) is 20.8 Å². The van der Waals surface area contributed by atoms with E-state index in [4.69, 9.17) is 10.5 Å². The zero-order chi connectivity index (χ0) is 12.3. The van der Waals surface area contributed by atoms with Gasteiger partial charge >= 0.3 is 6.09 Å². The maximum absolute atomic E-state index is 11.6. The van der Waals surface area contributed by atoms with Gasteiger partial charge in [0.1, 0.15) is 5.60 Å². The third-order valence-corrected chi connectivity index (χ3v) is 2.96. The van der Waals surface area contributed by atoms with Crippen molar-refractivity contribution in [1.29, 1.82) is 0 Å². The molecular weight excluding hydrogens is 204 g/mol. The van der Waals surface area contributed by atoms with Crippen molar-refractivity contribution in [3.8, 4) is 0 Å². The van der Waals surface area contributed by atoms with E-state index in [1.165, 1.54) is 0 Å². The smallest absolute Gasteiger partial charge is 0.407 e. The number of nitrogens with one attached hydrogen (secondary N) is 1. The highest BCUT2D eigenvalue weighted by atomic mass is 16.6. The van der Waals surface area contributed by atoms with Gasteiger partial charge in [0.05, 0.1) is 0 Å². The van der Waals surface area contributed by atoms with Crippen LogP contribution in [-0.4, -0.2) is 23.8 Å². The Labute approximate surface area is 97.9 Å². The van der Waals surface area contributed by atoms with E-state index in [9.17, 15) is 4.79 Å². The van der Waals surface area contributed by atoms with Gasteiger partial charge in [-0.1, -0.05) is 6.92 Å². The van der Waals surface area contributed by atoms with Crippen LogP contribution < -0.4 is 11.1 Å². The number of nitrogens with two attached hydrogens (primary N) is 1. The summed E-state index contributed by atoms with van der Waals surface area (Å²) in [6.07, 6.45) is 2.55. The van der Waals surface area contributed by atoms with Gasteiger partial charge in [-0.15, -0.1) is 0 Å². The number of ether oxygens (including phenoxy) is 1. The maximum Gasteiger partial charge on any atom is 0.407 e. The highest BCUT2D eigenvalue weighted by molar-refractivity contribution is 5.68. The fraction of sp³-hybridized carbons (Fsp3) is 0.917. The van der Waals surface area contributed by atoms with Gasteiger partial charge in [-0.25, -0.2) is 4.79 Å². The third-order valence-electron chi connectivity index (χ3n) is 2.96. The van der Waals surface area contributed by atoms with Gasteiger partial charge in [-0.3, -0.25) is 0 Å². The molecule has 0 unspecified atom stereocenters. The topological polar surface area (TPSA) is 64.3 Å². The predicted molar refractivity (Wildman–Crippen MR) is 64.1 cm³/mol. The van der Waals surface area contributed by atoms with Crippen molar-refractivity contribution in [1.82, 2.24) is 5.32 Å². The van der Waals surface area contributed by atoms with Crippen LogP contribution in [0.1, 0.15) is 47.0 Å². The average molecular weight is 228 g/mol. The van der Waals surface area contributed by atoms with Gasteiger partial charge in [0.25, 0.3) is 0 Å². The maximum atomic E-state index is 11.6. The Morgan fingerprint density at radius 1 is 1.38 bits per heavy atom. The van der Waals surface area contributed by atoms with Crippen molar-refractivity contribution in [3.05, 3.63) is 0 Å². The van der Waals surface area contributed by atoms with E-state index in [1.54, 1.807) is 0 Å². The molecule has 0 radical (unpaired) electrons. The highest BCUT2D eigenvalue weighted by Gasteiger charge is 2.27. The summed E-state index contributed by atoms with van der Waals surface area (Å²) in [6, 6.07) is 0.487. The molecule has 0 aromatic heterocycles. The third kappa shape index (κ3) is 4.39. The Balaban J connectivity index is 2.35. The summed E-state index contributed by atoms with van der Waals surface area (Å²) >= 11 is 0. The van der Waals surface area contributed by atoms with Crippen LogP contribution in [0.4, 0.5) is 4.79 Å². The van der Waals surface area contributed by atoms with Crippen molar-refractivity contribution >= 4 is 6.09 Å². The summed E-state index contributed by atoms with van der Waals surface area (Å²) in [5, 5.41) is 2.91. The van der Waals surface area contributed by atoms with Gasteiger partial charge in [-0.2, -0.15) is 0 Å². The minimum Gasteiger partial charge on any atom is -0.444 e. The van der Waals surface area contributed by atoms with Gasteiger partial charge < -0.3 is 15.8 Å². The first-order valence-corrected chi connectivity index (χ1v) is 6.03. The normalized spacial score (nSPS) is 30.9. The van der Waals surface area contributed by atoms with E-state index in [-0.39, 0.29) is 18.2 Å². The molecule has 0 bridgehead atoms. The lowest BCUT2D eigenvalue weighted by Gasteiger charge is -2.32. The van der Waals surface area contributed by atoms with E-state index in [2.05, 4.69) is 12.2 Å². The van der Waals surface area contributed by atoms with Crippen LogP contribution in [0.3, 0.4) is 0 Å². The van der Waals surface area contributed by atoms with Crippen molar-refractivity contribution in [2.75, 3.05) is 0 Å². The highest BCUT2D eigenvalue weighted by Crippen LogP contribution is 2.23. The molecule has 1 amide bonds. The second kappa shape index (κ2) is 5.04. The number of rotatable bonds is 1. The molecule has 0 spiro atoms. The Kier molecular flexibility index (Phi) is 4.19. The quantitative estimate of drug-likeness (QED) is 0.721. The molecule has 0 aliphatic heterocycles. The van der Waals surface area contributed by atoms with Gasteiger partial charge in [0.15, 0.2) is 0 Å². The van der Waals surface area contributed by atoms with Crippen LogP contribution in [0.2, 0.25) is 0 Å². The van der Waals surface area contributed by atoms with Gasteiger partial charge in [0.2, 0.25) is 0 Å². The molecule has 1 rings (SSSR count). The van der Waals surface area contributed by atoms with Crippen LogP contribution in [-0.2, 0) is 4.74 Å². The molecule has 3 atom stereocenters. The first-order chi connectivity index (χ1) is 7.28. The summed E-state index contributed by atoms with van der Waals surface area (Å²) in [6.45, 7) is 7.73. The number of hydrogen-bond acceptors (Lipinski definition) is 3. The molecule has 1 aliphatic carbocycles. The largest absolute Gasteiger partial charge is 0.444 e. The van der Waals surface area contributed by atoms with E-state index < -0.39 is 5.60 Å². The molecule has 4 nitrogen and oxygen atoms in total. The second-order valence-electron chi connectivity index (χ2n) is 5.80. The average Bonchev–Trinajstić information content (AvgIpc) is 2.08. The molecule has 0 saturated heterocycles. The van der Waals surface area contributed by atoms with Crippen LogP contribution >= 0.6 is 0 Å². The Morgan fingerprint density at radius 3 is 2.50 bits per heavy atom. The van der Waals surface area contributed by atoms with E-state index in [0.29, 0.717) is 5.92 Å². The first kappa shape index (κ1) is 13.3. The van der Waals surface area contributed by atoms with Crippen LogP contribution in [0.25, 0.3) is 0 Å². The van der Waals surface area contributed by atoms with Crippen LogP contribution in [0, 0.1) is 5.92 Å². The predicted octanol–water partition coefficient (Wildman–Crippen LogP) is 2.03. The Hall–Kier alpha value is -0.770. The Morgan fingerprint density at radius 2 is 2.00 bits per heavy atom. The van der Waals surface area contributed by atoms with E-state index in [0.717, 1.165) is 19.3 Å². The molecule has 1 fully saturated rings. The fourth-order valence-corrected chi connectivity index (χ4v) is 2.02. The molecule has 0 aromatic rings. The fourth-order valence-electron chi connectivity index (χ4n) is 2.02. The zero-order valence-electron chi connectivity index (χ0n) is 10.7. The number of amides is 1. The molecule has 3 N–H and O–H groups in total. The van der Waals surface area contributed by atoms with E-state index >= 15 is 0 Å². The number of alkyl carbamates (subject to hydrolysis) is 1. The van der Waals surface area contributed by atoms with Gasteiger partial charge in [-0.05, 0) is 46.0 Å². The van der Waals surface area contributed by atoms with Gasteiger partial charge in [0, 0.05) is 12.1 Å². The Bertz CT molecular complexity index is 248. The molecular formula is C12H24N2O2. The summed E-state index contributed by atoms with van der Waals surface area (Å²) in [4.78, 5) is 11.6. The molecule has 0 heterocycles. The summed E-state index contributed by atoms with van der Waals surface area (Å²) < 4.78 is 5.22. The lowest BCUT2D eigenvalue weighted by atomic mass is 9.83. The molecule has 1 saturated carbocycles. The molecule has 0 aromatic carbocycles. The second-order valence-corrected chi connectivity index (χ2v) is 5.80. The SMILES string of the molecule is C[C@H]1C[C@@H](NC(=O)OC(C)(C)C)CC[C@@H]1N. The number of hydrogen-bond donors (Lipinski definition) is 2. The minimum absolute atomic E-state index is 0.213. The standard InChI is InChI=1S/C12H24N2O2/c1-8-7-9(5-6-10(8)13)14-11(15)16-12(2,3)4/h8-10H,5-7,13H2,1-4H3,(H,14,15)/t8-,9-,10-/m0/s1. The molecule has 94 valence electrons.